The second-order valence-electron chi connectivity index (χ2n) is 23.6. The number of carbonyl (C=O) groups is 1. The molecule has 0 bridgehead atoms. The number of ether oxygens (including phenoxy) is 1. The topological polar surface area (TPSA) is 354 Å². The van der Waals surface area contributed by atoms with E-state index >= 15 is 0 Å². The van der Waals surface area contributed by atoms with Gasteiger partial charge in [0.05, 0.1) is 52.9 Å². The number of aromatic nitrogens is 18. The summed E-state index contributed by atoms with van der Waals surface area (Å²) in [7, 11) is 10.8. The van der Waals surface area contributed by atoms with Crippen molar-refractivity contribution in [1.82, 2.24) is 89.7 Å². The van der Waals surface area contributed by atoms with Crippen LogP contribution in [0.1, 0.15) is 147 Å². The van der Waals surface area contributed by atoms with Crippen LogP contribution in [0.2, 0.25) is 15.5 Å². The number of H-pyrrole nitrogens is 3. The number of nitrogens with zero attached hydrogens (tertiary/aromatic N) is 15. The fourth-order valence-electron chi connectivity index (χ4n) is 8.80. The molecule has 2 fully saturated rings. The summed E-state index contributed by atoms with van der Waals surface area (Å²) in [6.45, 7) is 27.9. The zero-order valence-corrected chi connectivity index (χ0v) is 74.7. The number of rotatable bonds is 12. The Kier molecular flexibility index (Phi) is 44.4. The number of fused-ring (bicyclic) bond motifs is 6. The molecule has 0 aliphatic carbocycles. The Labute approximate surface area is 740 Å². The summed E-state index contributed by atoms with van der Waals surface area (Å²) in [5.41, 5.74) is 2.39. The van der Waals surface area contributed by atoms with Crippen LogP contribution in [0.25, 0.3) is 90.5 Å². The van der Waals surface area contributed by atoms with E-state index in [2.05, 4.69) is 157 Å². The van der Waals surface area contributed by atoms with Gasteiger partial charge in [-0.3, -0.25) is 38.7 Å². The number of hydrogen-bond donors (Lipinski definition) is 3. The predicted octanol–water partition coefficient (Wildman–Crippen LogP) is 22.6. The average molecular weight is 2090 g/mol. The van der Waals surface area contributed by atoms with E-state index < -0.39 is 120 Å². The Balaban J connectivity index is 0.000000292. The summed E-state index contributed by atoms with van der Waals surface area (Å²) in [6.07, 6.45) is 0.990. The second kappa shape index (κ2) is 51.7. The summed E-state index contributed by atoms with van der Waals surface area (Å²) in [5.74, 6) is -2.15. The molecule has 2 aliphatic heterocycles. The van der Waals surface area contributed by atoms with Crippen molar-refractivity contribution in [3.8, 4) is 0 Å². The van der Waals surface area contributed by atoms with Gasteiger partial charge in [0.15, 0.2) is 73.2 Å². The first-order valence-corrected chi connectivity index (χ1v) is 46.0. The Morgan fingerprint density at radius 1 is 0.492 bits per heavy atom. The SMILES string of the molecule is C1CCOC1.C=CB1OC(C)(C)C(C)(C)O1.C=Cc1cnc2c(=O)[nH]c(C(F)F)nc2c1.C=Cc1cnc2c(=O)[nH]c(C(F)F)nc2c1.C=Cc1cnc2c(Cl)nc(C(F)F)nc2c1.C=Cc1cnc2c(Cl)nc(C(F)F)nc2c1.FPP.O=Cc1cnc2c(Cl)nc(C(F)F)nc2c1.O=P(Cl)(Cl)Cl.O=c1[nH]c(C(F)F)nc2cc(Br)cnc12.[2H][Pd]([Cl])[Cl]. The first-order valence-electron chi connectivity index (χ1n) is 33.3. The van der Waals surface area contributed by atoms with E-state index in [-0.39, 0.29) is 94.5 Å². The fraction of sp³-hybridized carbons (Fsp3) is 0.232. The van der Waals surface area contributed by atoms with Crippen molar-refractivity contribution in [1.29, 1.82) is 0.783 Å². The molecular formula is C69H61BBrCl8F13N18O8P3Pd. The van der Waals surface area contributed by atoms with Gasteiger partial charge >= 0.3 is 47.9 Å². The van der Waals surface area contributed by atoms with E-state index in [1.54, 1.807) is 30.3 Å². The number of aldehydes is 1. The first-order chi connectivity index (χ1) is 57.7. The minimum absolute atomic E-state index is 0.0370. The molecule has 14 heterocycles. The van der Waals surface area contributed by atoms with Gasteiger partial charge in [-0.2, -0.15) is 0 Å². The number of hydrogen-bond acceptors (Lipinski definition) is 23. The normalized spacial score (nSPS) is 13.1. The number of alkyl halides is 12. The van der Waals surface area contributed by atoms with E-state index in [1.807, 2.05) is 51.6 Å². The Bertz CT molecular complexity index is 5530. The van der Waals surface area contributed by atoms with Crippen molar-refractivity contribution in [3.63, 3.8) is 0 Å². The maximum atomic E-state index is 12.4. The third kappa shape index (κ3) is 34.0. The molecule has 0 aromatic carbocycles. The van der Waals surface area contributed by atoms with Gasteiger partial charge in [-0.15, -0.1) is 6.58 Å². The van der Waals surface area contributed by atoms with Crippen molar-refractivity contribution in [2.45, 2.75) is 90.3 Å². The zero-order chi connectivity index (χ0) is 92.6. The molecule has 0 spiro atoms. The molecule has 53 heteroatoms. The Morgan fingerprint density at radius 2 is 0.738 bits per heavy atom. The second-order valence-corrected chi connectivity index (χ2v) is 35.5. The van der Waals surface area contributed by atoms with Crippen molar-refractivity contribution in [2.75, 3.05) is 13.2 Å². The van der Waals surface area contributed by atoms with Crippen LogP contribution in [0, 0.1) is 0 Å². The third-order valence-electron chi connectivity index (χ3n) is 14.9. The van der Waals surface area contributed by atoms with Crippen LogP contribution in [-0.4, -0.2) is 128 Å². The van der Waals surface area contributed by atoms with Crippen LogP contribution in [-0.2, 0) is 34.4 Å². The summed E-state index contributed by atoms with van der Waals surface area (Å²) in [5, 5.41) is -3.52. The standard InChI is InChI=1S/2C10H6ClF2N3.2C10H7F2N3O.C9H4ClF2N3O.C8H15BO2.C8H4BrF2N3O.C4H8O.Cl3OP.2ClH.FH3P2.Pd.H/c2*1-2-5-3-6-7(14-4-5)8(11)16-10(15-6)9(12)13;2*1-2-5-3-6-7(13-4-5)10(16)15-9(14-6)8(11)12;10-7-6-5(1-4(3-16)2-13-6)14-9(15-7)8(11)12;1-6-9-10-7(2,3)8(4,5)11-9;9-3-1-4-5(12-2-3)8(15)14-7(13-4)6(10)11;1-2-4-5-3-1;1-5(2,3)4;;;1-3-2;;/h2*2-4,9H,1H2;2*2-4,8H,1H2,(H,14,15,16);1-3,8H;6H,1H2,2-5H3;1-2,6H,(H,13,14,15);1-4H2;;2*1H;3H,2H2;;/q;;;;;;;;;;;;+2;/p-2/i;;;;;;;;;;;;;1+1. The molecule has 2 aliphatic rings. The van der Waals surface area contributed by atoms with Crippen LogP contribution in [0.5, 0.6) is 0 Å². The van der Waals surface area contributed by atoms with Crippen molar-refractivity contribution < 1.29 is 96.1 Å². The molecule has 0 radical (unpaired) electrons. The first kappa shape index (κ1) is 105. The van der Waals surface area contributed by atoms with Gasteiger partial charge in [0, 0.05) is 60.4 Å². The summed E-state index contributed by atoms with van der Waals surface area (Å²) in [4.78, 5) is 106. The molecule has 657 valence electrons. The molecule has 0 amide bonds. The van der Waals surface area contributed by atoms with Gasteiger partial charge < -0.3 is 29.0 Å². The number of aromatic amines is 3. The fourth-order valence-corrected chi connectivity index (χ4v) is 9.82. The summed E-state index contributed by atoms with van der Waals surface area (Å²) >= 11 is 32.3. The monoisotopic (exact) mass is 2090 g/mol. The molecule has 12 aromatic heterocycles. The Hall–Kier alpha value is -7.70. The quantitative estimate of drug-likeness (QED) is 0.0336. The average Bonchev–Trinajstić information content (AvgIpc) is 1.64. The molecule has 26 nitrogen and oxygen atoms in total. The Morgan fingerprint density at radius 3 is 0.967 bits per heavy atom. The van der Waals surface area contributed by atoms with Crippen molar-refractivity contribution >= 4 is 230 Å². The van der Waals surface area contributed by atoms with Gasteiger partial charge in [0.25, 0.3) is 55.2 Å². The number of halogens is 22. The third-order valence-corrected chi connectivity index (χ3v) is 16.1. The van der Waals surface area contributed by atoms with Crippen LogP contribution < -0.4 is 16.7 Å². The van der Waals surface area contributed by atoms with E-state index in [9.17, 15) is 80.6 Å². The molecule has 2 saturated heterocycles. The molecule has 12 aromatic rings. The van der Waals surface area contributed by atoms with Crippen LogP contribution >= 0.6 is 126 Å². The van der Waals surface area contributed by atoms with Gasteiger partial charge in [0.1, 0.15) is 16.6 Å². The van der Waals surface area contributed by atoms with E-state index in [1.165, 1.54) is 86.4 Å². The molecule has 2 unspecified atom stereocenters. The van der Waals surface area contributed by atoms with Crippen molar-refractivity contribution in [2.24, 2.45) is 0 Å². The zero-order valence-electron chi connectivity index (χ0n) is 63.4. The van der Waals surface area contributed by atoms with Crippen LogP contribution in [0.4, 0.5) is 56.9 Å². The van der Waals surface area contributed by atoms with Crippen LogP contribution in [0.15, 0.2) is 131 Å². The number of carbonyl (C=O) groups excluding carboxylic acids is 1. The molecule has 0 saturated carbocycles. The van der Waals surface area contributed by atoms with Gasteiger partial charge in [-0.25, -0.2) is 117 Å². The minimum atomic E-state index is -3.22. The molecule has 2 atom stereocenters. The molecular weight excluding hydrogens is 2030 g/mol. The molecule has 14 rings (SSSR count). The maximum absolute atomic E-state index is 12.4. The predicted molar refractivity (Wildman–Crippen MR) is 454 cm³/mol. The van der Waals surface area contributed by atoms with Gasteiger partial charge in [-0.1, -0.05) is 100 Å². The summed E-state index contributed by atoms with van der Waals surface area (Å²) < 4.78 is 191. The van der Waals surface area contributed by atoms with Gasteiger partial charge in [-0.05, 0) is 149 Å². The van der Waals surface area contributed by atoms with Gasteiger partial charge in [0.2, 0.25) is 0 Å². The van der Waals surface area contributed by atoms with E-state index in [0.717, 1.165) is 13.2 Å². The van der Waals surface area contributed by atoms with Crippen molar-refractivity contribution in [3.05, 3.63) is 226 Å². The molecule has 122 heavy (non-hydrogen) atoms. The van der Waals surface area contributed by atoms with E-state index in [4.69, 9.17) is 68.7 Å². The van der Waals surface area contributed by atoms with Crippen LogP contribution in [0.3, 0.4) is 0 Å². The number of nitrogens with one attached hydrogen (secondary N) is 3. The number of pyridine rings is 6. The molecule has 3 N–H and O–H groups in total. The summed E-state index contributed by atoms with van der Waals surface area (Å²) in [6, 6.07) is 8.91. The van der Waals surface area contributed by atoms with E-state index in [0.29, 0.717) is 44.0 Å².